The molecule has 2 unspecified atom stereocenters. The summed E-state index contributed by atoms with van der Waals surface area (Å²) in [6.45, 7) is 2.72. The molecule has 1 N–H and O–H groups in total. The van der Waals surface area contributed by atoms with Gasteiger partial charge in [0.15, 0.2) is 5.75 Å². The van der Waals surface area contributed by atoms with Crippen LogP contribution in [0.4, 0.5) is 5.69 Å². The molecule has 0 aliphatic carbocycles. The van der Waals surface area contributed by atoms with Gasteiger partial charge in [-0.25, -0.2) is 0 Å². The largest absolute Gasteiger partial charge is 0.490 e. The fraction of sp³-hybridized carbons (Fsp3) is 0.500. The van der Waals surface area contributed by atoms with Crippen LogP contribution in [0.3, 0.4) is 0 Å². The third kappa shape index (κ3) is 3.13. The molecule has 1 amide bonds. The van der Waals surface area contributed by atoms with Crippen molar-refractivity contribution in [3.63, 3.8) is 0 Å². The van der Waals surface area contributed by atoms with Crippen LogP contribution in [-0.4, -0.2) is 47.1 Å². The van der Waals surface area contributed by atoms with Crippen molar-refractivity contribution < 1.29 is 19.6 Å². The van der Waals surface area contributed by atoms with Crippen molar-refractivity contribution in [1.82, 2.24) is 4.90 Å². The van der Waals surface area contributed by atoms with E-state index < -0.39 is 11.0 Å². The number of nitro benzene ring substituents is 1. The van der Waals surface area contributed by atoms with Gasteiger partial charge < -0.3 is 14.7 Å². The van der Waals surface area contributed by atoms with Gasteiger partial charge in [0.2, 0.25) is 0 Å². The number of rotatable bonds is 3. The van der Waals surface area contributed by atoms with Gasteiger partial charge in [-0.15, -0.1) is 0 Å². The molecule has 1 aliphatic heterocycles. The number of hydrogen-bond donors (Lipinski definition) is 1. The number of likely N-dealkylation sites (tertiary alicyclic amines) is 1. The van der Waals surface area contributed by atoms with Gasteiger partial charge in [0.25, 0.3) is 5.91 Å². The summed E-state index contributed by atoms with van der Waals surface area (Å²) in [6.07, 6.45) is 0.154. The number of β-amino-alcohol motifs (C(OH)–C–C–N with tert-alkyl or cyclic N) is 1. The summed E-state index contributed by atoms with van der Waals surface area (Å²) in [5.74, 6) is -0.0465. The van der Waals surface area contributed by atoms with Gasteiger partial charge in [0, 0.05) is 24.7 Å². The molecule has 7 heteroatoms. The number of hydrogen-bond acceptors (Lipinski definition) is 5. The van der Waals surface area contributed by atoms with Gasteiger partial charge in [0.05, 0.1) is 18.1 Å². The molecule has 0 radical (unpaired) electrons. The summed E-state index contributed by atoms with van der Waals surface area (Å²) in [4.78, 5) is 24.3. The van der Waals surface area contributed by atoms with E-state index in [4.69, 9.17) is 4.74 Å². The first kappa shape index (κ1) is 15.2. The third-order valence-corrected chi connectivity index (χ3v) is 3.83. The Morgan fingerprint density at radius 1 is 1.52 bits per heavy atom. The van der Waals surface area contributed by atoms with Crippen LogP contribution in [0, 0.1) is 16.0 Å². The number of amides is 1. The highest BCUT2D eigenvalue weighted by Crippen LogP contribution is 2.28. The molecule has 0 bridgehead atoms. The summed E-state index contributed by atoms with van der Waals surface area (Å²) >= 11 is 0. The van der Waals surface area contributed by atoms with Gasteiger partial charge in [0.1, 0.15) is 0 Å². The van der Waals surface area contributed by atoms with Crippen LogP contribution in [-0.2, 0) is 0 Å². The maximum Gasteiger partial charge on any atom is 0.311 e. The molecular formula is C14H18N2O5. The smallest absolute Gasteiger partial charge is 0.311 e. The van der Waals surface area contributed by atoms with Crippen molar-refractivity contribution in [3.8, 4) is 5.75 Å². The molecular weight excluding hydrogens is 276 g/mol. The van der Waals surface area contributed by atoms with Gasteiger partial charge in [-0.2, -0.15) is 0 Å². The normalized spacial score (nSPS) is 22.0. The van der Waals surface area contributed by atoms with E-state index in [1.54, 1.807) is 0 Å². The first-order valence-corrected chi connectivity index (χ1v) is 6.73. The Labute approximate surface area is 122 Å². The summed E-state index contributed by atoms with van der Waals surface area (Å²) < 4.78 is 4.91. The Hall–Kier alpha value is -2.15. The van der Waals surface area contributed by atoms with E-state index >= 15 is 0 Å². The lowest BCUT2D eigenvalue weighted by molar-refractivity contribution is -0.385. The maximum atomic E-state index is 12.4. The fourth-order valence-corrected chi connectivity index (χ4v) is 2.38. The molecule has 1 heterocycles. The zero-order valence-electron chi connectivity index (χ0n) is 12.0. The highest BCUT2D eigenvalue weighted by Gasteiger charge is 2.29. The summed E-state index contributed by atoms with van der Waals surface area (Å²) in [5.41, 5.74) is -0.0153. The molecule has 1 saturated heterocycles. The number of piperidine rings is 1. The molecule has 2 atom stereocenters. The number of methoxy groups -OCH3 is 1. The quantitative estimate of drug-likeness (QED) is 0.672. The molecule has 1 aromatic rings. The lowest BCUT2D eigenvalue weighted by Gasteiger charge is -2.34. The first-order chi connectivity index (χ1) is 9.93. The van der Waals surface area contributed by atoms with E-state index in [1.165, 1.54) is 30.2 Å². The molecule has 1 aliphatic rings. The zero-order chi connectivity index (χ0) is 15.6. The maximum absolute atomic E-state index is 12.4. The van der Waals surface area contributed by atoms with Crippen LogP contribution in [0.5, 0.6) is 5.75 Å². The lowest BCUT2D eigenvalue weighted by Crippen LogP contribution is -2.45. The van der Waals surface area contributed by atoms with Crippen LogP contribution in [0.15, 0.2) is 18.2 Å². The molecule has 1 aromatic carbocycles. The summed E-state index contributed by atoms with van der Waals surface area (Å²) in [6, 6.07) is 4.12. The van der Waals surface area contributed by atoms with E-state index in [2.05, 4.69) is 0 Å². The van der Waals surface area contributed by atoms with Gasteiger partial charge >= 0.3 is 5.69 Å². The molecule has 114 valence electrons. The van der Waals surface area contributed by atoms with Crippen LogP contribution < -0.4 is 4.74 Å². The minimum atomic E-state index is -0.581. The Morgan fingerprint density at radius 2 is 2.24 bits per heavy atom. The van der Waals surface area contributed by atoms with Gasteiger partial charge in [-0.05, 0) is 24.5 Å². The Morgan fingerprint density at radius 3 is 2.81 bits per heavy atom. The minimum Gasteiger partial charge on any atom is -0.490 e. The highest BCUT2D eigenvalue weighted by molar-refractivity contribution is 5.95. The summed E-state index contributed by atoms with van der Waals surface area (Å²) in [7, 11) is 1.34. The van der Waals surface area contributed by atoms with Crippen molar-refractivity contribution in [1.29, 1.82) is 0 Å². The average Bonchev–Trinajstić information content (AvgIpc) is 2.48. The molecule has 0 spiro atoms. The van der Waals surface area contributed by atoms with Gasteiger partial charge in [-0.3, -0.25) is 14.9 Å². The highest BCUT2D eigenvalue weighted by atomic mass is 16.6. The summed E-state index contributed by atoms with van der Waals surface area (Å²) in [5, 5.41) is 20.8. The second-order valence-electron chi connectivity index (χ2n) is 5.23. The minimum absolute atomic E-state index is 0.115. The lowest BCUT2D eigenvalue weighted by atomic mass is 9.95. The van der Waals surface area contributed by atoms with E-state index in [9.17, 15) is 20.0 Å². The Bertz CT molecular complexity index is 560. The number of aliphatic hydroxyl groups excluding tert-OH is 1. The molecule has 7 nitrogen and oxygen atoms in total. The zero-order valence-corrected chi connectivity index (χ0v) is 12.0. The standard InChI is InChI=1S/C14H18N2O5/c1-9-5-6-15(8-12(9)17)14(18)10-3-4-13(21-2)11(7-10)16(19)20/h3-4,7,9,12,17H,5-6,8H2,1-2H3. The molecule has 21 heavy (non-hydrogen) atoms. The van der Waals surface area contributed by atoms with E-state index in [0.717, 1.165) is 0 Å². The van der Waals surface area contributed by atoms with E-state index in [1.807, 2.05) is 6.92 Å². The molecule has 1 fully saturated rings. The predicted octanol–water partition coefficient (Wildman–Crippen LogP) is 1.45. The number of carbonyl (C=O) groups excluding carboxylic acids is 1. The number of nitrogens with zero attached hydrogens (tertiary/aromatic N) is 2. The van der Waals surface area contributed by atoms with Crippen LogP contribution in [0.2, 0.25) is 0 Å². The van der Waals surface area contributed by atoms with Crippen molar-refractivity contribution in [2.24, 2.45) is 5.92 Å². The number of nitro groups is 1. The van der Waals surface area contributed by atoms with Crippen LogP contribution >= 0.6 is 0 Å². The number of benzene rings is 1. The fourth-order valence-electron chi connectivity index (χ4n) is 2.38. The van der Waals surface area contributed by atoms with Crippen molar-refractivity contribution in [2.75, 3.05) is 20.2 Å². The molecule has 0 aromatic heterocycles. The topological polar surface area (TPSA) is 92.9 Å². The first-order valence-electron chi connectivity index (χ1n) is 6.73. The monoisotopic (exact) mass is 294 g/mol. The van der Waals surface area contributed by atoms with E-state index in [-0.39, 0.29) is 35.4 Å². The Balaban J connectivity index is 2.23. The van der Waals surface area contributed by atoms with Crippen molar-refractivity contribution in [2.45, 2.75) is 19.4 Å². The van der Waals surface area contributed by atoms with E-state index in [0.29, 0.717) is 13.0 Å². The van der Waals surface area contributed by atoms with Crippen molar-refractivity contribution >= 4 is 11.6 Å². The molecule has 0 saturated carbocycles. The SMILES string of the molecule is COc1ccc(C(=O)N2CCC(C)C(O)C2)cc1[N+](=O)[O-]. The molecule has 2 rings (SSSR count). The van der Waals surface area contributed by atoms with Crippen molar-refractivity contribution in [3.05, 3.63) is 33.9 Å². The average molecular weight is 294 g/mol. The number of aliphatic hydroxyl groups is 1. The predicted molar refractivity (Wildman–Crippen MR) is 75.3 cm³/mol. The van der Waals surface area contributed by atoms with Crippen LogP contribution in [0.25, 0.3) is 0 Å². The second-order valence-corrected chi connectivity index (χ2v) is 5.23. The van der Waals surface area contributed by atoms with Crippen LogP contribution in [0.1, 0.15) is 23.7 Å². The number of ether oxygens (including phenoxy) is 1. The Kier molecular flexibility index (Phi) is 4.42. The third-order valence-electron chi connectivity index (χ3n) is 3.83. The van der Waals surface area contributed by atoms with Gasteiger partial charge in [-0.1, -0.05) is 6.92 Å². The second kappa shape index (κ2) is 6.09. The number of carbonyl (C=O) groups is 1.